The molecule has 1 atom stereocenters. The van der Waals surface area contributed by atoms with Crippen molar-refractivity contribution in [3.63, 3.8) is 0 Å². The molecule has 0 N–H and O–H groups in total. The van der Waals surface area contributed by atoms with Gasteiger partial charge in [-0.2, -0.15) is 0 Å². The molecule has 0 heterocycles. The van der Waals surface area contributed by atoms with Crippen molar-refractivity contribution in [3.05, 3.63) is 0 Å². The lowest BCUT2D eigenvalue weighted by molar-refractivity contribution is -0.146. The molecule has 0 amide bonds. The minimum absolute atomic E-state index is 0.179. The second-order valence-corrected chi connectivity index (χ2v) is 4.65. The first-order valence-electron chi connectivity index (χ1n) is 6.34. The Labute approximate surface area is 97.5 Å². The Kier molecular flexibility index (Phi) is 5.50. The van der Waals surface area contributed by atoms with E-state index in [0.717, 1.165) is 25.7 Å². The van der Waals surface area contributed by atoms with Crippen molar-refractivity contribution in [1.29, 1.82) is 0 Å². The maximum Gasteiger partial charge on any atom is 0.306 e. The van der Waals surface area contributed by atoms with Gasteiger partial charge in [0.1, 0.15) is 5.78 Å². The van der Waals surface area contributed by atoms with E-state index in [1.54, 1.807) is 6.92 Å². The normalized spacial score (nSPS) is 19.1. The Morgan fingerprint density at radius 1 is 1.25 bits per heavy atom. The van der Waals surface area contributed by atoms with Crippen molar-refractivity contribution in [2.75, 3.05) is 6.61 Å². The van der Waals surface area contributed by atoms with Crippen molar-refractivity contribution >= 4 is 11.8 Å². The first-order valence-corrected chi connectivity index (χ1v) is 6.34. The summed E-state index contributed by atoms with van der Waals surface area (Å²) in [4.78, 5) is 23.3. The fraction of sp³-hybridized carbons (Fsp3) is 0.846. The maximum atomic E-state index is 12.0. The Bertz CT molecular complexity index is 242. The minimum Gasteiger partial charge on any atom is -0.466 e. The van der Waals surface area contributed by atoms with Crippen LogP contribution in [0.5, 0.6) is 0 Å². The molecule has 1 aliphatic rings. The van der Waals surface area contributed by atoms with Crippen LogP contribution in [0.15, 0.2) is 0 Å². The van der Waals surface area contributed by atoms with Gasteiger partial charge < -0.3 is 4.74 Å². The van der Waals surface area contributed by atoms with Crippen LogP contribution >= 0.6 is 0 Å². The van der Waals surface area contributed by atoms with E-state index in [9.17, 15) is 9.59 Å². The third kappa shape index (κ3) is 3.95. The molecule has 1 saturated carbocycles. The Morgan fingerprint density at radius 2 is 1.88 bits per heavy atom. The first-order chi connectivity index (χ1) is 7.65. The van der Waals surface area contributed by atoms with Gasteiger partial charge in [0.05, 0.1) is 13.0 Å². The van der Waals surface area contributed by atoms with Gasteiger partial charge in [0.2, 0.25) is 0 Å². The SMILES string of the molecule is CCOC(=O)CC(C)C(=O)C1CCCCC1. The lowest BCUT2D eigenvalue weighted by Gasteiger charge is -2.23. The predicted molar refractivity (Wildman–Crippen MR) is 62.0 cm³/mol. The topological polar surface area (TPSA) is 43.4 Å². The van der Waals surface area contributed by atoms with Gasteiger partial charge in [0.15, 0.2) is 0 Å². The number of ketones is 1. The van der Waals surface area contributed by atoms with E-state index >= 15 is 0 Å². The lowest BCUT2D eigenvalue weighted by Crippen LogP contribution is -2.26. The van der Waals surface area contributed by atoms with Gasteiger partial charge >= 0.3 is 5.97 Å². The van der Waals surface area contributed by atoms with Gasteiger partial charge in [-0.15, -0.1) is 0 Å². The summed E-state index contributed by atoms with van der Waals surface area (Å²) in [6, 6.07) is 0. The number of carbonyl (C=O) groups excluding carboxylic acids is 2. The van der Waals surface area contributed by atoms with Crippen LogP contribution in [0.2, 0.25) is 0 Å². The molecule has 1 unspecified atom stereocenters. The molecule has 0 saturated heterocycles. The smallest absolute Gasteiger partial charge is 0.306 e. The van der Waals surface area contributed by atoms with Gasteiger partial charge in [0, 0.05) is 11.8 Å². The molecular weight excluding hydrogens is 204 g/mol. The van der Waals surface area contributed by atoms with Crippen LogP contribution in [-0.4, -0.2) is 18.4 Å². The molecule has 0 aromatic heterocycles. The molecule has 0 aromatic rings. The van der Waals surface area contributed by atoms with E-state index in [1.165, 1.54) is 6.42 Å². The number of Topliss-reactive ketones (excluding diaryl/α,β-unsaturated/α-hetero) is 1. The van der Waals surface area contributed by atoms with Crippen LogP contribution in [0, 0.1) is 11.8 Å². The van der Waals surface area contributed by atoms with Crippen LogP contribution < -0.4 is 0 Å². The summed E-state index contributed by atoms with van der Waals surface area (Å²) in [5.41, 5.74) is 0. The zero-order valence-electron chi connectivity index (χ0n) is 10.3. The highest BCUT2D eigenvalue weighted by Crippen LogP contribution is 2.27. The van der Waals surface area contributed by atoms with E-state index in [0.29, 0.717) is 6.61 Å². The second kappa shape index (κ2) is 6.66. The summed E-state index contributed by atoms with van der Waals surface area (Å²) in [5.74, 6) is 0.0206. The maximum absolute atomic E-state index is 12.0. The molecule has 1 aliphatic carbocycles. The van der Waals surface area contributed by atoms with Gasteiger partial charge in [0.25, 0.3) is 0 Å². The highest BCUT2D eigenvalue weighted by molar-refractivity contribution is 5.86. The van der Waals surface area contributed by atoms with Crippen LogP contribution in [0.4, 0.5) is 0 Å². The Hall–Kier alpha value is -0.860. The first kappa shape index (κ1) is 13.2. The molecule has 3 heteroatoms. The van der Waals surface area contributed by atoms with Gasteiger partial charge in [-0.25, -0.2) is 0 Å². The number of hydrogen-bond acceptors (Lipinski definition) is 3. The molecule has 0 aliphatic heterocycles. The van der Waals surface area contributed by atoms with Crippen LogP contribution in [0.25, 0.3) is 0 Å². The van der Waals surface area contributed by atoms with Crippen LogP contribution in [0.3, 0.4) is 0 Å². The molecular formula is C13H22O3. The summed E-state index contributed by atoms with van der Waals surface area (Å²) < 4.78 is 4.86. The van der Waals surface area contributed by atoms with E-state index < -0.39 is 0 Å². The van der Waals surface area contributed by atoms with Crippen molar-refractivity contribution in [2.24, 2.45) is 11.8 Å². The summed E-state index contributed by atoms with van der Waals surface area (Å²) in [6.07, 6.45) is 5.81. The van der Waals surface area contributed by atoms with Crippen LogP contribution in [-0.2, 0) is 14.3 Å². The average Bonchev–Trinajstić information content (AvgIpc) is 2.29. The van der Waals surface area contributed by atoms with Crippen molar-refractivity contribution in [1.82, 2.24) is 0 Å². The number of rotatable bonds is 5. The average molecular weight is 226 g/mol. The van der Waals surface area contributed by atoms with Crippen molar-refractivity contribution in [3.8, 4) is 0 Å². The minimum atomic E-state index is -0.251. The number of ether oxygens (including phenoxy) is 1. The highest BCUT2D eigenvalue weighted by atomic mass is 16.5. The number of carbonyl (C=O) groups is 2. The zero-order chi connectivity index (χ0) is 12.0. The van der Waals surface area contributed by atoms with E-state index in [-0.39, 0.29) is 30.0 Å². The fourth-order valence-corrected chi connectivity index (χ4v) is 2.36. The molecule has 1 rings (SSSR count). The Balaban J connectivity index is 2.37. The van der Waals surface area contributed by atoms with Gasteiger partial charge in [-0.1, -0.05) is 26.2 Å². The second-order valence-electron chi connectivity index (χ2n) is 4.65. The summed E-state index contributed by atoms with van der Waals surface area (Å²) in [7, 11) is 0. The lowest BCUT2D eigenvalue weighted by atomic mass is 9.81. The highest BCUT2D eigenvalue weighted by Gasteiger charge is 2.26. The monoisotopic (exact) mass is 226 g/mol. The summed E-state index contributed by atoms with van der Waals surface area (Å²) in [5, 5.41) is 0. The van der Waals surface area contributed by atoms with Crippen molar-refractivity contribution < 1.29 is 14.3 Å². The predicted octanol–water partition coefficient (Wildman–Crippen LogP) is 2.73. The van der Waals surface area contributed by atoms with E-state index in [4.69, 9.17) is 4.74 Å². The van der Waals surface area contributed by atoms with Crippen molar-refractivity contribution in [2.45, 2.75) is 52.4 Å². The fourth-order valence-electron chi connectivity index (χ4n) is 2.36. The number of esters is 1. The third-order valence-electron chi connectivity index (χ3n) is 3.27. The largest absolute Gasteiger partial charge is 0.466 e. The van der Waals surface area contributed by atoms with E-state index in [2.05, 4.69) is 0 Å². The van der Waals surface area contributed by atoms with E-state index in [1.807, 2.05) is 6.92 Å². The van der Waals surface area contributed by atoms with Crippen LogP contribution in [0.1, 0.15) is 52.4 Å². The molecule has 16 heavy (non-hydrogen) atoms. The Morgan fingerprint density at radius 3 is 2.44 bits per heavy atom. The standard InChI is InChI=1S/C13H22O3/c1-3-16-12(14)9-10(2)13(15)11-7-5-4-6-8-11/h10-11H,3-9H2,1-2H3. The summed E-state index contributed by atoms with van der Waals surface area (Å²) in [6.45, 7) is 4.02. The quantitative estimate of drug-likeness (QED) is 0.677. The molecule has 92 valence electrons. The molecule has 0 radical (unpaired) electrons. The molecule has 3 nitrogen and oxygen atoms in total. The van der Waals surface area contributed by atoms with Gasteiger partial charge in [-0.05, 0) is 19.8 Å². The summed E-state index contributed by atoms with van der Waals surface area (Å²) >= 11 is 0. The molecule has 0 spiro atoms. The molecule has 0 bridgehead atoms. The number of hydrogen-bond donors (Lipinski definition) is 0. The van der Waals surface area contributed by atoms with Gasteiger partial charge in [-0.3, -0.25) is 9.59 Å². The molecule has 1 fully saturated rings. The third-order valence-corrected chi connectivity index (χ3v) is 3.27. The zero-order valence-corrected chi connectivity index (χ0v) is 10.3. The molecule has 0 aromatic carbocycles.